The molecule has 0 N–H and O–H groups in total. The first kappa shape index (κ1) is 13.5. The number of benzene rings is 2. The van der Waals surface area contributed by atoms with Crippen molar-refractivity contribution in [3.63, 3.8) is 0 Å². The predicted molar refractivity (Wildman–Crippen MR) is 86.7 cm³/mol. The molecule has 3 aromatic rings. The Hall–Kier alpha value is -2.48. The number of hydrogen-bond donors (Lipinski definition) is 0. The van der Waals surface area contributed by atoms with Gasteiger partial charge in [-0.15, -0.1) is 0 Å². The molecule has 3 rings (SSSR count). The van der Waals surface area contributed by atoms with Crippen LogP contribution in [0.3, 0.4) is 0 Å². The third kappa shape index (κ3) is 3.00. The summed E-state index contributed by atoms with van der Waals surface area (Å²) < 4.78 is 7.51. The molecule has 0 amide bonds. The number of methoxy groups -OCH3 is 1. The van der Waals surface area contributed by atoms with Crippen LogP contribution in [-0.2, 0) is 6.54 Å². The fourth-order valence-electron chi connectivity index (χ4n) is 2.57. The maximum Gasteiger partial charge on any atom is 0.118 e. The van der Waals surface area contributed by atoms with Crippen LogP contribution in [0.4, 0.5) is 0 Å². The lowest BCUT2D eigenvalue weighted by Gasteiger charge is -2.10. The molecule has 0 saturated carbocycles. The van der Waals surface area contributed by atoms with Crippen molar-refractivity contribution < 1.29 is 4.74 Å². The largest absolute Gasteiger partial charge is 0.497 e. The van der Waals surface area contributed by atoms with E-state index in [4.69, 9.17) is 4.74 Å². The average molecular weight is 277 g/mol. The smallest absolute Gasteiger partial charge is 0.118 e. The molecule has 0 unspecified atom stereocenters. The molecule has 1 aromatic heterocycles. The predicted octanol–water partition coefficient (Wildman–Crippen LogP) is 4.52. The van der Waals surface area contributed by atoms with Gasteiger partial charge in [0.05, 0.1) is 7.11 Å². The number of hydrogen-bond acceptors (Lipinski definition) is 1. The van der Waals surface area contributed by atoms with Crippen molar-refractivity contribution >= 4 is 0 Å². The summed E-state index contributed by atoms with van der Waals surface area (Å²) in [5, 5.41) is 0. The zero-order chi connectivity index (χ0) is 14.7. The van der Waals surface area contributed by atoms with Gasteiger partial charge >= 0.3 is 0 Å². The topological polar surface area (TPSA) is 14.2 Å². The van der Waals surface area contributed by atoms with Crippen LogP contribution >= 0.6 is 0 Å². The summed E-state index contributed by atoms with van der Waals surface area (Å²) >= 11 is 0. The van der Waals surface area contributed by atoms with Gasteiger partial charge in [0, 0.05) is 18.4 Å². The van der Waals surface area contributed by atoms with Gasteiger partial charge in [-0.05, 0) is 41.8 Å². The maximum atomic E-state index is 5.21. The third-order valence-corrected chi connectivity index (χ3v) is 3.61. The Balaban J connectivity index is 1.92. The minimum atomic E-state index is 0.863. The zero-order valence-electron chi connectivity index (χ0n) is 12.4. The highest BCUT2D eigenvalue weighted by molar-refractivity contribution is 5.61. The highest BCUT2D eigenvalue weighted by atomic mass is 16.5. The Morgan fingerprint density at radius 2 is 1.67 bits per heavy atom. The van der Waals surface area contributed by atoms with Crippen LogP contribution in [0.1, 0.15) is 11.1 Å². The van der Waals surface area contributed by atoms with Crippen LogP contribution in [0, 0.1) is 6.92 Å². The maximum absolute atomic E-state index is 5.21. The monoisotopic (exact) mass is 277 g/mol. The van der Waals surface area contributed by atoms with Crippen LogP contribution in [-0.4, -0.2) is 11.7 Å². The van der Waals surface area contributed by atoms with Crippen LogP contribution < -0.4 is 4.74 Å². The summed E-state index contributed by atoms with van der Waals surface area (Å²) in [6, 6.07) is 21.0. The van der Waals surface area contributed by atoms with E-state index in [0.717, 1.165) is 12.3 Å². The van der Waals surface area contributed by atoms with Crippen LogP contribution in [0.5, 0.6) is 5.75 Å². The number of ether oxygens (including phenoxy) is 1. The molecule has 0 bridgehead atoms. The van der Waals surface area contributed by atoms with Crippen LogP contribution in [0.25, 0.3) is 11.3 Å². The molecule has 2 heteroatoms. The van der Waals surface area contributed by atoms with Crippen molar-refractivity contribution in [2.75, 3.05) is 7.11 Å². The van der Waals surface area contributed by atoms with Crippen LogP contribution in [0.15, 0.2) is 66.9 Å². The second-order valence-electron chi connectivity index (χ2n) is 5.24. The summed E-state index contributed by atoms with van der Waals surface area (Å²) in [6.45, 7) is 3.00. The van der Waals surface area contributed by atoms with Crippen molar-refractivity contribution in [3.05, 3.63) is 78.0 Å². The van der Waals surface area contributed by atoms with Crippen molar-refractivity contribution in [2.45, 2.75) is 13.5 Å². The van der Waals surface area contributed by atoms with E-state index >= 15 is 0 Å². The van der Waals surface area contributed by atoms with E-state index in [9.17, 15) is 0 Å². The minimum Gasteiger partial charge on any atom is -0.497 e. The molecule has 0 spiro atoms. The van der Waals surface area contributed by atoms with Gasteiger partial charge < -0.3 is 9.30 Å². The Kier molecular flexibility index (Phi) is 3.78. The lowest BCUT2D eigenvalue weighted by Crippen LogP contribution is -2.00. The van der Waals surface area contributed by atoms with Gasteiger partial charge in [-0.2, -0.15) is 0 Å². The van der Waals surface area contributed by atoms with Crippen LogP contribution in [0.2, 0.25) is 0 Å². The van der Waals surface area contributed by atoms with E-state index in [1.165, 1.54) is 22.4 Å². The lowest BCUT2D eigenvalue weighted by atomic mass is 10.1. The number of rotatable bonds is 4. The Bertz CT molecular complexity index is 711. The molecule has 0 atom stereocenters. The second kappa shape index (κ2) is 5.88. The molecule has 2 aromatic carbocycles. The normalized spacial score (nSPS) is 10.6. The van der Waals surface area contributed by atoms with Crippen molar-refractivity contribution in [1.82, 2.24) is 4.57 Å². The molecule has 0 aliphatic heterocycles. The number of aromatic nitrogens is 1. The molecular formula is C19H19NO. The third-order valence-electron chi connectivity index (χ3n) is 3.61. The lowest BCUT2D eigenvalue weighted by molar-refractivity contribution is 0.414. The van der Waals surface area contributed by atoms with Gasteiger partial charge in [0.2, 0.25) is 0 Å². The van der Waals surface area contributed by atoms with Crippen molar-refractivity contribution in [2.24, 2.45) is 0 Å². The summed E-state index contributed by atoms with van der Waals surface area (Å²) in [5.74, 6) is 0.894. The highest BCUT2D eigenvalue weighted by Crippen LogP contribution is 2.23. The van der Waals surface area contributed by atoms with Gasteiger partial charge in [-0.1, -0.05) is 42.5 Å². The highest BCUT2D eigenvalue weighted by Gasteiger charge is 2.06. The fourth-order valence-corrected chi connectivity index (χ4v) is 2.57. The van der Waals surface area contributed by atoms with E-state index in [-0.39, 0.29) is 0 Å². The van der Waals surface area contributed by atoms with Crippen molar-refractivity contribution in [3.8, 4) is 17.0 Å². The van der Waals surface area contributed by atoms with E-state index in [1.54, 1.807) is 7.11 Å². The summed E-state index contributed by atoms with van der Waals surface area (Å²) in [7, 11) is 1.69. The first-order chi connectivity index (χ1) is 10.3. The Morgan fingerprint density at radius 3 is 2.33 bits per heavy atom. The molecule has 0 saturated heterocycles. The molecule has 0 aliphatic carbocycles. The minimum absolute atomic E-state index is 0.863. The number of aryl methyl sites for hydroxylation is 1. The molecule has 0 aliphatic rings. The summed E-state index contributed by atoms with van der Waals surface area (Å²) in [5.41, 5.74) is 5.05. The molecule has 21 heavy (non-hydrogen) atoms. The zero-order valence-corrected chi connectivity index (χ0v) is 12.4. The average Bonchev–Trinajstić information content (AvgIpc) is 2.89. The molecule has 0 radical (unpaired) electrons. The molecular weight excluding hydrogens is 258 g/mol. The molecule has 0 fully saturated rings. The summed E-state index contributed by atoms with van der Waals surface area (Å²) in [4.78, 5) is 0. The Morgan fingerprint density at radius 1 is 0.952 bits per heavy atom. The first-order valence-electron chi connectivity index (χ1n) is 7.11. The van der Waals surface area contributed by atoms with Gasteiger partial charge in [0.25, 0.3) is 0 Å². The standard InChI is InChI=1S/C19H19NO/c1-15-12-19(17-6-4-3-5-7-17)20(13-15)14-16-8-10-18(21-2)11-9-16/h3-13H,14H2,1-2H3. The van der Waals surface area contributed by atoms with Crippen molar-refractivity contribution in [1.29, 1.82) is 0 Å². The molecule has 1 heterocycles. The van der Waals surface area contributed by atoms with Gasteiger partial charge in [-0.25, -0.2) is 0 Å². The van der Waals surface area contributed by atoms with Gasteiger partial charge in [-0.3, -0.25) is 0 Å². The first-order valence-corrected chi connectivity index (χ1v) is 7.11. The van der Waals surface area contributed by atoms with E-state index in [1.807, 2.05) is 18.2 Å². The number of nitrogens with zero attached hydrogens (tertiary/aromatic N) is 1. The Labute approximate surface area is 125 Å². The molecule has 2 nitrogen and oxygen atoms in total. The summed E-state index contributed by atoms with van der Waals surface area (Å²) in [6.07, 6.45) is 2.20. The SMILES string of the molecule is COc1ccc(Cn2cc(C)cc2-c2ccccc2)cc1. The van der Waals surface area contributed by atoms with E-state index in [0.29, 0.717) is 0 Å². The molecule has 106 valence electrons. The second-order valence-corrected chi connectivity index (χ2v) is 5.24. The van der Waals surface area contributed by atoms with Gasteiger partial charge in [0.15, 0.2) is 0 Å². The van der Waals surface area contributed by atoms with E-state index in [2.05, 4.69) is 60.2 Å². The van der Waals surface area contributed by atoms with E-state index < -0.39 is 0 Å². The fraction of sp³-hybridized carbons (Fsp3) is 0.158. The van der Waals surface area contributed by atoms with Gasteiger partial charge in [0.1, 0.15) is 5.75 Å². The quantitative estimate of drug-likeness (QED) is 0.684.